The topological polar surface area (TPSA) is 66.5 Å². The zero-order chi connectivity index (χ0) is 15.6. The summed E-state index contributed by atoms with van der Waals surface area (Å²) in [5.74, 6) is -0.307. The van der Waals surface area contributed by atoms with Crippen molar-refractivity contribution < 1.29 is 13.2 Å². The summed E-state index contributed by atoms with van der Waals surface area (Å²) in [5.41, 5.74) is 2.02. The number of hydrogen-bond donors (Lipinski definition) is 1. The summed E-state index contributed by atoms with van der Waals surface area (Å²) >= 11 is 0. The van der Waals surface area contributed by atoms with E-state index in [9.17, 15) is 13.2 Å². The maximum Gasteiger partial charge on any atom is 0.245 e. The molecule has 1 heterocycles. The molecule has 1 aliphatic heterocycles. The number of para-hydroxylation sites is 1. The van der Waals surface area contributed by atoms with Crippen LogP contribution in [0.15, 0.2) is 24.3 Å². The second-order valence-electron chi connectivity index (χ2n) is 5.61. The van der Waals surface area contributed by atoms with Gasteiger partial charge in [0.15, 0.2) is 0 Å². The van der Waals surface area contributed by atoms with E-state index in [-0.39, 0.29) is 17.6 Å². The van der Waals surface area contributed by atoms with Gasteiger partial charge in [0.25, 0.3) is 0 Å². The highest BCUT2D eigenvalue weighted by molar-refractivity contribution is 7.89. The molecule has 1 aromatic carbocycles. The Labute approximate surface area is 126 Å². The minimum Gasteiger partial charge on any atom is -0.310 e. The highest BCUT2D eigenvalue weighted by atomic mass is 32.2. The molecule has 0 bridgehead atoms. The first-order valence-electron chi connectivity index (χ1n) is 7.25. The Morgan fingerprint density at radius 1 is 1.33 bits per heavy atom. The van der Waals surface area contributed by atoms with Crippen LogP contribution in [0, 0.1) is 5.92 Å². The van der Waals surface area contributed by atoms with Crippen molar-refractivity contribution in [1.29, 1.82) is 0 Å². The predicted molar refractivity (Wildman–Crippen MR) is 83.7 cm³/mol. The molecule has 1 aliphatic rings. The Bertz CT molecular complexity index is 626. The second-order valence-corrected chi connectivity index (χ2v) is 7.65. The van der Waals surface area contributed by atoms with E-state index in [1.807, 2.05) is 38.1 Å². The van der Waals surface area contributed by atoms with Gasteiger partial charge in [-0.05, 0) is 30.9 Å². The number of sulfonamides is 1. The highest BCUT2D eigenvalue weighted by Crippen LogP contribution is 2.28. The molecule has 0 aromatic heterocycles. The van der Waals surface area contributed by atoms with Gasteiger partial charge in [-0.2, -0.15) is 0 Å². The summed E-state index contributed by atoms with van der Waals surface area (Å²) in [5, 5.41) is 0. The van der Waals surface area contributed by atoms with Crippen LogP contribution in [0.25, 0.3) is 0 Å². The minimum atomic E-state index is -3.41. The van der Waals surface area contributed by atoms with Crippen LogP contribution < -0.4 is 9.62 Å². The predicted octanol–water partition coefficient (Wildman–Crippen LogP) is 1.54. The van der Waals surface area contributed by atoms with Crippen LogP contribution in [0.4, 0.5) is 5.69 Å². The number of rotatable bonds is 5. The first-order valence-corrected chi connectivity index (χ1v) is 8.90. The lowest BCUT2D eigenvalue weighted by atomic mass is 10.0. The van der Waals surface area contributed by atoms with Crippen molar-refractivity contribution in [3.63, 3.8) is 0 Å². The number of anilines is 1. The molecule has 2 rings (SSSR count). The van der Waals surface area contributed by atoms with Crippen LogP contribution in [-0.4, -0.2) is 32.7 Å². The van der Waals surface area contributed by atoms with Crippen molar-refractivity contribution in [1.82, 2.24) is 4.72 Å². The quantitative estimate of drug-likeness (QED) is 0.897. The number of carbonyl (C=O) groups excluding carboxylic acids is 1. The average molecular weight is 310 g/mol. The van der Waals surface area contributed by atoms with Crippen molar-refractivity contribution in [3.8, 4) is 0 Å². The molecular formula is C15H22N2O3S. The molecular weight excluding hydrogens is 288 g/mol. The largest absolute Gasteiger partial charge is 0.310 e. The summed E-state index contributed by atoms with van der Waals surface area (Å²) in [7, 11) is -3.41. The van der Waals surface area contributed by atoms with Crippen LogP contribution in [0.5, 0.6) is 0 Å². The summed E-state index contributed by atoms with van der Waals surface area (Å²) in [6.45, 7) is 5.87. The van der Waals surface area contributed by atoms with Crippen molar-refractivity contribution in [2.75, 3.05) is 17.2 Å². The number of hydrogen-bond acceptors (Lipinski definition) is 3. The zero-order valence-electron chi connectivity index (χ0n) is 12.7. The summed E-state index contributed by atoms with van der Waals surface area (Å²) in [4.78, 5) is 14.4. The number of amides is 1. The fourth-order valence-corrected chi connectivity index (χ4v) is 3.41. The molecule has 21 heavy (non-hydrogen) atoms. The Hall–Kier alpha value is -1.40. The number of nitrogens with zero attached hydrogens (tertiary/aromatic N) is 1. The monoisotopic (exact) mass is 310 g/mol. The van der Waals surface area contributed by atoms with E-state index in [1.54, 1.807) is 11.8 Å². The van der Waals surface area contributed by atoms with Gasteiger partial charge in [-0.3, -0.25) is 4.79 Å². The lowest BCUT2D eigenvalue weighted by molar-refractivity contribution is -0.121. The molecule has 1 N–H and O–H groups in total. The van der Waals surface area contributed by atoms with Crippen molar-refractivity contribution >= 4 is 21.6 Å². The number of benzene rings is 1. The van der Waals surface area contributed by atoms with Gasteiger partial charge in [-0.1, -0.05) is 32.0 Å². The smallest absolute Gasteiger partial charge is 0.245 e. The highest BCUT2D eigenvalue weighted by Gasteiger charge is 2.33. The Balaban J connectivity index is 2.25. The first-order chi connectivity index (χ1) is 9.85. The molecule has 1 atom stereocenters. The van der Waals surface area contributed by atoms with Crippen LogP contribution in [0.3, 0.4) is 0 Å². The lowest BCUT2D eigenvalue weighted by Gasteiger charge is -2.27. The van der Waals surface area contributed by atoms with Crippen LogP contribution in [-0.2, 0) is 21.2 Å². The maximum absolute atomic E-state index is 12.7. The third-order valence-electron chi connectivity index (χ3n) is 3.77. The fraction of sp³-hybridized carbons (Fsp3) is 0.533. The van der Waals surface area contributed by atoms with E-state index in [2.05, 4.69) is 4.72 Å². The third-order valence-corrected chi connectivity index (χ3v) is 5.15. The molecule has 0 unspecified atom stereocenters. The normalized spacial score (nSPS) is 16.1. The number of carbonyl (C=O) groups is 1. The molecule has 116 valence electrons. The fourth-order valence-electron chi connectivity index (χ4n) is 2.48. The molecule has 0 saturated carbocycles. The van der Waals surface area contributed by atoms with Crippen LogP contribution in [0.2, 0.25) is 0 Å². The lowest BCUT2D eigenvalue weighted by Crippen LogP contribution is -2.51. The Morgan fingerprint density at radius 2 is 2.00 bits per heavy atom. The molecule has 0 radical (unpaired) electrons. The van der Waals surface area contributed by atoms with Gasteiger partial charge in [-0.25, -0.2) is 13.1 Å². The summed E-state index contributed by atoms with van der Waals surface area (Å²) < 4.78 is 26.1. The molecule has 1 amide bonds. The zero-order valence-corrected chi connectivity index (χ0v) is 13.5. The average Bonchev–Trinajstić information content (AvgIpc) is 2.88. The molecule has 5 nitrogen and oxygen atoms in total. The van der Waals surface area contributed by atoms with Gasteiger partial charge >= 0.3 is 0 Å². The van der Waals surface area contributed by atoms with Crippen LogP contribution in [0.1, 0.15) is 26.3 Å². The summed E-state index contributed by atoms with van der Waals surface area (Å²) in [6, 6.07) is 7.04. The van der Waals surface area contributed by atoms with E-state index in [0.717, 1.165) is 17.7 Å². The van der Waals surface area contributed by atoms with E-state index < -0.39 is 16.1 Å². The molecule has 1 aromatic rings. The molecule has 0 saturated heterocycles. The van der Waals surface area contributed by atoms with Crippen molar-refractivity contribution in [3.05, 3.63) is 29.8 Å². The third kappa shape index (κ3) is 3.44. The van der Waals surface area contributed by atoms with Gasteiger partial charge < -0.3 is 4.90 Å². The molecule has 6 heteroatoms. The first kappa shape index (κ1) is 16.0. The molecule has 0 spiro atoms. The molecule has 0 aliphatic carbocycles. The Morgan fingerprint density at radius 3 is 2.62 bits per heavy atom. The van der Waals surface area contributed by atoms with Gasteiger partial charge in [0.1, 0.15) is 6.04 Å². The Kier molecular flexibility index (Phi) is 4.68. The van der Waals surface area contributed by atoms with Crippen molar-refractivity contribution in [2.24, 2.45) is 5.92 Å². The van der Waals surface area contributed by atoms with Gasteiger partial charge in [0.05, 0.1) is 5.75 Å². The maximum atomic E-state index is 12.7. The molecule has 0 fully saturated rings. The number of fused-ring (bicyclic) bond motifs is 1. The van der Waals surface area contributed by atoms with Crippen LogP contribution >= 0.6 is 0 Å². The van der Waals surface area contributed by atoms with Gasteiger partial charge in [0.2, 0.25) is 15.9 Å². The minimum absolute atomic E-state index is 0.0277. The SMILES string of the molecule is CCS(=O)(=O)N[C@@H](C(=O)N1CCc2ccccc21)C(C)C. The van der Waals surface area contributed by atoms with Gasteiger partial charge in [0, 0.05) is 12.2 Å². The number of nitrogens with one attached hydrogen (secondary N) is 1. The van der Waals surface area contributed by atoms with E-state index >= 15 is 0 Å². The van der Waals surface area contributed by atoms with Crippen molar-refractivity contribution in [2.45, 2.75) is 33.2 Å². The van der Waals surface area contributed by atoms with E-state index in [4.69, 9.17) is 0 Å². The van der Waals surface area contributed by atoms with E-state index in [0.29, 0.717) is 6.54 Å². The van der Waals surface area contributed by atoms with E-state index in [1.165, 1.54) is 0 Å². The van der Waals surface area contributed by atoms with Gasteiger partial charge in [-0.15, -0.1) is 0 Å². The second kappa shape index (κ2) is 6.15. The standard InChI is InChI=1S/C15H22N2O3S/c1-4-21(19,20)16-14(11(2)3)15(18)17-10-9-12-7-5-6-8-13(12)17/h5-8,11,14,16H,4,9-10H2,1-3H3/t14-/m1/s1. The summed E-state index contributed by atoms with van der Waals surface area (Å²) in [6.07, 6.45) is 0.813.